The number of alkyl halides is 1. The highest BCUT2D eigenvalue weighted by Gasteiger charge is 2.15. The number of rotatable bonds is 5. The second-order valence-corrected chi connectivity index (χ2v) is 5.72. The van der Waals surface area contributed by atoms with E-state index in [2.05, 4.69) is 5.32 Å². The summed E-state index contributed by atoms with van der Waals surface area (Å²) in [7, 11) is 0. The highest BCUT2D eigenvalue weighted by molar-refractivity contribution is 6.17. The van der Waals surface area contributed by atoms with Gasteiger partial charge in [-0.1, -0.05) is 12.1 Å². The summed E-state index contributed by atoms with van der Waals surface area (Å²) < 4.78 is 10.8. The molecule has 0 unspecified atom stereocenters. The van der Waals surface area contributed by atoms with E-state index in [1.165, 1.54) is 0 Å². The summed E-state index contributed by atoms with van der Waals surface area (Å²) in [5.41, 5.74) is 1.58. The lowest BCUT2D eigenvalue weighted by Crippen LogP contribution is -2.34. The van der Waals surface area contributed by atoms with Gasteiger partial charge in [-0.25, -0.2) is 4.79 Å². The number of hydrogen-bond acceptors (Lipinski definition) is 3. The van der Waals surface area contributed by atoms with Crippen LogP contribution in [0.1, 0.15) is 31.9 Å². The van der Waals surface area contributed by atoms with Crippen LogP contribution in [0.4, 0.5) is 4.79 Å². The van der Waals surface area contributed by atoms with Crippen molar-refractivity contribution < 1.29 is 14.3 Å². The van der Waals surface area contributed by atoms with E-state index in [-0.39, 0.29) is 0 Å². The van der Waals surface area contributed by atoms with Crippen molar-refractivity contribution in [3.05, 3.63) is 29.3 Å². The lowest BCUT2D eigenvalue weighted by molar-refractivity contribution is 0.0520. The van der Waals surface area contributed by atoms with Gasteiger partial charge >= 0.3 is 6.09 Å². The van der Waals surface area contributed by atoms with E-state index >= 15 is 0 Å². The largest absolute Gasteiger partial charge is 0.491 e. The minimum atomic E-state index is -0.490. The maximum absolute atomic E-state index is 11.4. The van der Waals surface area contributed by atoms with Crippen LogP contribution in [-0.4, -0.2) is 24.8 Å². The smallest absolute Gasteiger partial charge is 0.407 e. The van der Waals surface area contributed by atoms with Crippen molar-refractivity contribution in [1.29, 1.82) is 0 Å². The molecule has 1 N–H and O–H groups in total. The summed E-state index contributed by atoms with van der Waals surface area (Å²) in [6.07, 6.45) is -0.438. The third kappa shape index (κ3) is 5.70. The van der Waals surface area contributed by atoms with Crippen LogP contribution >= 0.6 is 11.6 Å². The van der Waals surface area contributed by atoms with Gasteiger partial charge in [-0.3, -0.25) is 0 Å². The minimum Gasteiger partial charge on any atom is -0.491 e. The molecule has 0 aliphatic rings. The minimum absolute atomic E-state index is 0.381. The van der Waals surface area contributed by atoms with E-state index in [0.717, 1.165) is 16.9 Å². The lowest BCUT2D eigenvalue weighted by atomic mass is 10.1. The van der Waals surface area contributed by atoms with Gasteiger partial charge in [0.1, 0.15) is 18.0 Å². The molecule has 0 aliphatic carbocycles. The van der Waals surface area contributed by atoms with Gasteiger partial charge in [0.05, 0.1) is 6.54 Å². The van der Waals surface area contributed by atoms with E-state index in [9.17, 15) is 4.79 Å². The number of carbonyl (C=O) groups is 1. The zero-order valence-electron chi connectivity index (χ0n) is 12.5. The summed E-state index contributed by atoms with van der Waals surface area (Å²) in [5, 5.41) is 2.65. The van der Waals surface area contributed by atoms with Crippen molar-refractivity contribution in [2.45, 2.75) is 39.2 Å². The van der Waals surface area contributed by atoms with Gasteiger partial charge in [0.15, 0.2) is 0 Å². The summed E-state index contributed by atoms with van der Waals surface area (Å²) in [6, 6.07) is 5.76. The van der Waals surface area contributed by atoms with Crippen LogP contribution in [0.5, 0.6) is 5.75 Å². The van der Waals surface area contributed by atoms with Crippen LogP contribution in [0.2, 0.25) is 0 Å². The monoisotopic (exact) mass is 299 g/mol. The highest BCUT2D eigenvalue weighted by Crippen LogP contribution is 2.22. The Labute approximate surface area is 125 Å². The number of halogens is 1. The van der Waals surface area contributed by atoms with Gasteiger partial charge in [-0.15, -0.1) is 11.6 Å². The number of amides is 1. The second-order valence-electron chi connectivity index (χ2n) is 5.45. The van der Waals surface area contributed by atoms with Crippen LogP contribution in [-0.2, 0) is 10.6 Å². The first-order valence-electron chi connectivity index (χ1n) is 6.57. The van der Waals surface area contributed by atoms with Gasteiger partial charge in [-0.2, -0.15) is 0 Å². The number of carbonyl (C=O) groups excluding carboxylic acids is 1. The Morgan fingerprint density at radius 2 is 2.05 bits per heavy atom. The van der Waals surface area contributed by atoms with Crippen LogP contribution in [0, 0.1) is 6.92 Å². The molecule has 1 aromatic rings. The summed E-state index contributed by atoms with van der Waals surface area (Å²) >= 11 is 5.84. The predicted octanol–water partition coefficient (Wildman–Crippen LogP) is 3.64. The molecule has 0 aromatic heterocycles. The van der Waals surface area contributed by atoms with Crippen molar-refractivity contribution >= 4 is 17.7 Å². The van der Waals surface area contributed by atoms with Crippen LogP contribution in [0.3, 0.4) is 0 Å². The van der Waals surface area contributed by atoms with Crippen molar-refractivity contribution in [3.8, 4) is 5.75 Å². The molecule has 4 nitrogen and oxygen atoms in total. The standard InChI is InChI=1S/C15H22ClNO3/c1-11-12(10-16)6-5-7-13(11)19-9-8-17-14(18)20-15(2,3)4/h5-7H,8-10H2,1-4H3,(H,17,18). The Hall–Kier alpha value is -1.42. The normalized spacial score (nSPS) is 11.1. The molecule has 5 heteroatoms. The molecule has 0 aliphatic heterocycles. The first-order valence-corrected chi connectivity index (χ1v) is 7.11. The highest BCUT2D eigenvalue weighted by atomic mass is 35.5. The molecule has 0 spiro atoms. The van der Waals surface area contributed by atoms with Crippen LogP contribution < -0.4 is 10.1 Å². The Bertz CT molecular complexity index is 455. The summed E-state index contributed by atoms with van der Waals surface area (Å²) in [6.45, 7) is 8.21. The van der Waals surface area contributed by atoms with Gasteiger partial charge in [-0.05, 0) is 44.9 Å². The molecule has 1 amide bonds. The van der Waals surface area contributed by atoms with Gasteiger partial charge in [0.2, 0.25) is 0 Å². The lowest BCUT2D eigenvalue weighted by Gasteiger charge is -2.19. The maximum atomic E-state index is 11.4. The van der Waals surface area contributed by atoms with Crippen molar-refractivity contribution in [1.82, 2.24) is 5.32 Å². The fraction of sp³-hybridized carbons (Fsp3) is 0.533. The molecule has 0 saturated heterocycles. The van der Waals surface area contributed by atoms with E-state index in [1.54, 1.807) is 0 Å². The van der Waals surface area contributed by atoms with Gasteiger partial charge in [0.25, 0.3) is 0 Å². The van der Waals surface area contributed by atoms with E-state index < -0.39 is 11.7 Å². The van der Waals surface area contributed by atoms with Gasteiger partial charge in [0, 0.05) is 5.88 Å². The molecule has 0 fully saturated rings. The third-order valence-corrected chi connectivity index (χ3v) is 2.86. The first kappa shape index (κ1) is 16.6. The van der Waals surface area contributed by atoms with E-state index in [4.69, 9.17) is 21.1 Å². The van der Waals surface area contributed by atoms with Crippen molar-refractivity contribution in [2.75, 3.05) is 13.2 Å². The SMILES string of the molecule is Cc1c(CCl)cccc1OCCNC(=O)OC(C)(C)C. The number of hydrogen-bond donors (Lipinski definition) is 1. The molecule has 0 bridgehead atoms. The third-order valence-electron chi connectivity index (χ3n) is 2.57. The quantitative estimate of drug-likeness (QED) is 0.667. The average molecular weight is 300 g/mol. The molecule has 20 heavy (non-hydrogen) atoms. The predicted molar refractivity (Wildman–Crippen MR) is 80.5 cm³/mol. The Balaban J connectivity index is 2.37. The number of ether oxygens (including phenoxy) is 2. The van der Waals surface area contributed by atoms with Crippen molar-refractivity contribution in [3.63, 3.8) is 0 Å². The molecular weight excluding hydrogens is 278 g/mol. The van der Waals surface area contributed by atoms with Crippen LogP contribution in [0.15, 0.2) is 18.2 Å². The van der Waals surface area contributed by atoms with E-state index in [1.807, 2.05) is 45.9 Å². The molecule has 112 valence electrons. The molecule has 0 heterocycles. The molecular formula is C15H22ClNO3. The topological polar surface area (TPSA) is 47.6 Å². The summed E-state index contributed by atoms with van der Waals surface area (Å²) in [5.74, 6) is 1.24. The number of alkyl carbamates (subject to hydrolysis) is 1. The fourth-order valence-electron chi connectivity index (χ4n) is 1.59. The number of nitrogens with one attached hydrogen (secondary N) is 1. The first-order chi connectivity index (χ1) is 9.33. The second kappa shape index (κ2) is 7.39. The Morgan fingerprint density at radius 1 is 1.35 bits per heavy atom. The fourth-order valence-corrected chi connectivity index (χ4v) is 1.88. The van der Waals surface area contributed by atoms with Crippen molar-refractivity contribution in [2.24, 2.45) is 0 Å². The average Bonchev–Trinajstić information content (AvgIpc) is 2.34. The molecule has 1 rings (SSSR count). The van der Waals surface area contributed by atoms with Gasteiger partial charge < -0.3 is 14.8 Å². The summed E-state index contributed by atoms with van der Waals surface area (Å²) in [4.78, 5) is 11.4. The molecule has 0 saturated carbocycles. The molecule has 1 aromatic carbocycles. The molecule has 0 radical (unpaired) electrons. The van der Waals surface area contributed by atoms with Crippen LogP contribution in [0.25, 0.3) is 0 Å². The number of benzene rings is 1. The maximum Gasteiger partial charge on any atom is 0.407 e. The zero-order valence-corrected chi connectivity index (χ0v) is 13.2. The molecule has 0 atom stereocenters. The zero-order chi connectivity index (χ0) is 15.2. The Morgan fingerprint density at radius 3 is 2.65 bits per heavy atom. The van der Waals surface area contributed by atoms with E-state index in [0.29, 0.717) is 19.0 Å². The Kier molecular flexibility index (Phi) is 6.14.